The smallest absolute Gasteiger partial charge is 0.294 e. The van der Waals surface area contributed by atoms with Gasteiger partial charge in [0.15, 0.2) is 5.28 Å². The third-order valence-corrected chi connectivity index (χ3v) is 7.97. The Morgan fingerprint density at radius 1 is 1.14 bits per heavy atom. The van der Waals surface area contributed by atoms with Crippen LogP contribution in [-0.2, 0) is 19.7 Å². The number of nitrogens with zero attached hydrogens (tertiary/aromatic N) is 5. The van der Waals surface area contributed by atoms with Crippen LogP contribution in [0.3, 0.4) is 0 Å². The Labute approximate surface area is 207 Å². The van der Waals surface area contributed by atoms with E-state index in [9.17, 15) is 18.4 Å². The van der Waals surface area contributed by atoms with E-state index in [1.807, 2.05) is 31.2 Å². The molecule has 2 aromatic carbocycles. The first-order chi connectivity index (χ1) is 16.6. The Bertz CT molecular complexity index is 1150. The molecule has 0 bridgehead atoms. The molecule has 1 aliphatic heterocycles. The Hall–Kier alpha value is -3.18. The number of carbonyl (C=O) groups excluding carboxylic acids is 1. The average molecular weight is 504 g/mol. The molecule has 3 rings (SSSR count). The van der Waals surface area contributed by atoms with Gasteiger partial charge in [-0.05, 0) is 62.4 Å². The molecule has 190 valence electrons. The summed E-state index contributed by atoms with van der Waals surface area (Å²) >= 11 is 0. The summed E-state index contributed by atoms with van der Waals surface area (Å²) in [7, 11) is -2.73. The Morgan fingerprint density at radius 3 is 2.29 bits per heavy atom. The molecule has 0 spiro atoms. The monoisotopic (exact) mass is 503 g/mol. The van der Waals surface area contributed by atoms with Gasteiger partial charge in [0.2, 0.25) is 10.0 Å². The molecule has 1 amide bonds. The van der Waals surface area contributed by atoms with Crippen molar-refractivity contribution in [2.75, 3.05) is 38.2 Å². The van der Waals surface area contributed by atoms with Crippen molar-refractivity contribution in [2.45, 2.75) is 44.8 Å². The van der Waals surface area contributed by atoms with Crippen molar-refractivity contribution in [3.05, 3.63) is 64.9 Å². The fourth-order valence-corrected chi connectivity index (χ4v) is 6.02. The first-order valence-corrected chi connectivity index (χ1v) is 13.0. The molecule has 2 aromatic rings. The van der Waals surface area contributed by atoms with E-state index >= 15 is 0 Å². The van der Waals surface area contributed by atoms with Gasteiger partial charge in [0.25, 0.3) is 12.5 Å². The van der Waals surface area contributed by atoms with Crippen LogP contribution in [0.25, 0.3) is 0 Å². The van der Waals surface area contributed by atoms with Crippen molar-refractivity contribution >= 4 is 21.6 Å². The van der Waals surface area contributed by atoms with E-state index in [4.69, 9.17) is 0 Å². The third-order valence-electron chi connectivity index (χ3n) is 6.13. The zero-order chi connectivity index (χ0) is 25.8. The highest BCUT2D eigenvalue weighted by Gasteiger charge is 2.47. The SMILES string of the molecule is CCN(CC)c1ccc(C2N(C(=O)C/[N+]([O-])=N/OC)C(C)CN2S(=O)(=O)c2ccc(C)cc2)cc1. The zero-order valence-corrected chi connectivity index (χ0v) is 21.6. The van der Waals surface area contributed by atoms with E-state index < -0.39 is 34.7 Å². The van der Waals surface area contributed by atoms with Crippen molar-refractivity contribution < 1.29 is 22.9 Å². The molecule has 1 fully saturated rings. The van der Waals surface area contributed by atoms with Crippen LogP contribution in [-0.4, -0.2) is 67.7 Å². The third kappa shape index (κ3) is 5.57. The lowest BCUT2D eigenvalue weighted by Gasteiger charge is -2.31. The molecule has 0 saturated carbocycles. The summed E-state index contributed by atoms with van der Waals surface area (Å²) < 4.78 is 28.7. The normalized spacial score (nSPS) is 19.1. The van der Waals surface area contributed by atoms with Gasteiger partial charge in [0.1, 0.15) is 13.3 Å². The molecule has 1 saturated heterocycles. The Kier molecular flexibility index (Phi) is 8.34. The number of rotatable bonds is 9. The number of hydrogen-bond donors (Lipinski definition) is 0. The predicted molar refractivity (Wildman–Crippen MR) is 132 cm³/mol. The van der Waals surface area contributed by atoms with Gasteiger partial charge in [0, 0.05) is 31.4 Å². The molecule has 0 aliphatic carbocycles. The molecule has 0 aromatic heterocycles. The van der Waals surface area contributed by atoms with Crippen LogP contribution in [0.2, 0.25) is 0 Å². The summed E-state index contributed by atoms with van der Waals surface area (Å²) in [4.78, 5) is 21.6. The van der Waals surface area contributed by atoms with Crippen molar-refractivity contribution in [1.82, 2.24) is 9.21 Å². The van der Waals surface area contributed by atoms with Crippen LogP contribution in [0.5, 0.6) is 0 Å². The fourth-order valence-electron chi connectivity index (χ4n) is 4.38. The number of benzene rings is 2. The minimum Gasteiger partial charge on any atom is -0.597 e. The van der Waals surface area contributed by atoms with Crippen molar-refractivity contribution in [2.24, 2.45) is 5.28 Å². The largest absolute Gasteiger partial charge is 0.597 e. The number of sulfonamides is 1. The molecular weight excluding hydrogens is 470 g/mol. The second-order valence-electron chi connectivity index (χ2n) is 8.45. The van der Waals surface area contributed by atoms with E-state index in [-0.39, 0.29) is 16.3 Å². The van der Waals surface area contributed by atoms with Crippen molar-refractivity contribution in [3.8, 4) is 0 Å². The Morgan fingerprint density at radius 2 is 1.74 bits per heavy atom. The van der Waals surface area contributed by atoms with Crippen molar-refractivity contribution in [3.63, 3.8) is 0 Å². The second-order valence-corrected chi connectivity index (χ2v) is 10.3. The number of anilines is 1. The zero-order valence-electron chi connectivity index (χ0n) is 20.8. The highest BCUT2D eigenvalue weighted by molar-refractivity contribution is 7.89. The van der Waals surface area contributed by atoms with Crippen LogP contribution < -0.4 is 4.90 Å². The summed E-state index contributed by atoms with van der Waals surface area (Å²) in [6.07, 6.45) is -0.912. The predicted octanol–water partition coefficient (Wildman–Crippen LogP) is 3.29. The molecule has 2 unspecified atom stereocenters. The molecule has 1 aliphatic rings. The van der Waals surface area contributed by atoms with Crippen LogP contribution in [0.4, 0.5) is 5.69 Å². The molecule has 11 heteroatoms. The lowest BCUT2D eigenvalue weighted by Crippen LogP contribution is -2.42. The Balaban J connectivity index is 2.07. The summed E-state index contributed by atoms with van der Waals surface area (Å²) in [6.45, 7) is 8.93. The minimum absolute atomic E-state index is 0.0880. The van der Waals surface area contributed by atoms with Gasteiger partial charge in [-0.25, -0.2) is 8.42 Å². The first kappa shape index (κ1) is 26.4. The van der Waals surface area contributed by atoms with E-state index in [2.05, 4.69) is 28.9 Å². The molecule has 2 atom stereocenters. The summed E-state index contributed by atoms with van der Waals surface area (Å²) in [5.41, 5.74) is 2.58. The average Bonchev–Trinajstić information content (AvgIpc) is 3.19. The number of hydroxylamine groups is 1. The van der Waals surface area contributed by atoms with Gasteiger partial charge in [-0.2, -0.15) is 4.31 Å². The molecule has 1 heterocycles. The number of hydrogen-bond acceptors (Lipinski definition) is 7. The standard InChI is InChI=1S/C24H33N5O5S/c1-6-26(7-2)21-12-10-20(11-13-21)24-27(35(32,33)22-14-8-18(3)9-15-22)16-19(4)29(24)23(30)17-28(31)25-34-5/h8-15,19,24H,6-7,16-17H2,1-5H3/b28-25-. The van der Waals surface area contributed by atoms with E-state index in [0.717, 1.165) is 24.3 Å². The van der Waals surface area contributed by atoms with Crippen LogP contribution in [0.1, 0.15) is 38.1 Å². The van der Waals surface area contributed by atoms with Crippen LogP contribution in [0.15, 0.2) is 58.7 Å². The van der Waals surface area contributed by atoms with Gasteiger partial charge in [-0.15, -0.1) is 0 Å². The number of carbonyl (C=O) groups is 1. The van der Waals surface area contributed by atoms with Crippen LogP contribution >= 0.6 is 0 Å². The first-order valence-electron chi connectivity index (χ1n) is 11.6. The lowest BCUT2D eigenvalue weighted by atomic mass is 10.1. The molecule has 10 nitrogen and oxygen atoms in total. The molecular formula is C24H33N5O5S. The van der Waals surface area contributed by atoms with Gasteiger partial charge < -0.3 is 19.8 Å². The van der Waals surface area contributed by atoms with Gasteiger partial charge in [-0.3, -0.25) is 4.79 Å². The maximum atomic E-state index is 13.7. The fraction of sp³-hybridized carbons (Fsp3) is 0.458. The van der Waals surface area contributed by atoms with Crippen molar-refractivity contribution in [1.29, 1.82) is 0 Å². The summed E-state index contributed by atoms with van der Waals surface area (Å²) in [6, 6.07) is 13.7. The van der Waals surface area contributed by atoms with E-state index in [1.54, 1.807) is 31.2 Å². The van der Waals surface area contributed by atoms with Gasteiger partial charge in [0.05, 0.1) is 4.90 Å². The summed E-state index contributed by atoms with van der Waals surface area (Å²) in [5.74, 6) is -0.548. The topological polar surface area (TPSA) is 109 Å². The van der Waals surface area contributed by atoms with E-state index in [0.29, 0.717) is 5.56 Å². The maximum absolute atomic E-state index is 13.7. The number of aryl methyl sites for hydroxylation is 1. The van der Waals surface area contributed by atoms with E-state index in [1.165, 1.54) is 16.3 Å². The lowest BCUT2D eigenvalue weighted by molar-refractivity contribution is -0.547. The highest BCUT2D eigenvalue weighted by atomic mass is 32.2. The maximum Gasteiger partial charge on any atom is 0.294 e. The van der Waals surface area contributed by atoms with Gasteiger partial charge in [-0.1, -0.05) is 29.8 Å². The molecule has 0 N–H and O–H groups in total. The summed E-state index contributed by atoms with van der Waals surface area (Å²) in [5, 5.41) is 15.1. The molecule has 0 radical (unpaired) electrons. The second kappa shape index (κ2) is 11.0. The van der Waals surface area contributed by atoms with Gasteiger partial charge >= 0.3 is 0 Å². The highest BCUT2D eigenvalue weighted by Crippen LogP contribution is 2.38. The minimum atomic E-state index is -3.94. The number of amides is 1. The van der Waals surface area contributed by atoms with Crippen LogP contribution in [0, 0.1) is 12.1 Å². The molecule has 35 heavy (non-hydrogen) atoms. The quantitative estimate of drug-likeness (QED) is 0.295.